The van der Waals surface area contributed by atoms with Gasteiger partial charge in [-0.1, -0.05) is 23.7 Å². The molecule has 0 spiro atoms. The van der Waals surface area contributed by atoms with E-state index in [1.165, 1.54) is 0 Å². The molecule has 41 heavy (non-hydrogen) atoms. The summed E-state index contributed by atoms with van der Waals surface area (Å²) in [5, 5.41) is 3.33. The minimum absolute atomic E-state index is 0.00724. The second kappa shape index (κ2) is 15.1. The second-order valence-electron chi connectivity index (χ2n) is 11.8. The topological polar surface area (TPSA) is 105 Å². The monoisotopic (exact) mass is 587 g/mol. The number of nitrogens with one attached hydrogen (secondary N) is 1. The molecule has 1 aromatic rings. The van der Waals surface area contributed by atoms with Crippen LogP contribution in [-0.4, -0.2) is 71.5 Å². The highest BCUT2D eigenvalue weighted by Crippen LogP contribution is 2.25. The lowest BCUT2D eigenvalue weighted by atomic mass is 9.91. The number of halogens is 1. The molecule has 10 heteroatoms. The highest BCUT2D eigenvalue weighted by molar-refractivity contribution is 6.30. The fourth-order valence-electron chi connectivity index (χ4n) is 5.07. The predicted octanol–water partition coefficient (Wildman–Crippen LogP) is 4.56. The average Bonchev–Trinajstić information content (AvgIpc) is 2.94. The van der Waals surface area contributed by atoms with E-state index in [1.807, 2.05) is 20.8 Å². The molecule has 2 atom stereocenters. The van der Waals surface area contributed by atoms with Crippen LogP contribution in [0.25, 0.3) is 0 Å². The van der Waals surface area contributed by atoms with Crippen LogP contribution in [-0.2, 0) is 30.5 Å². The minimum Gasteiger partial charge on any atom is -0.459 e. The summed E-state index contributed by atoms with van der Waals surface area (Å²) in [5.74, 6) is 1.49. The number of carbonyl (C=O) groups is 4. The van der Waals surface area contributed by atoms with Gasteiger partial charge in [-0.05, 0) is 76.5 Å². The third-order valence-electron chi connectivity index (χ3n) is 7.39. The van der Waals surface area contributed by atoms with Crippen molar-refractivity contribution in [1.29, 1.82) is 0 Å². The van der Waals surface area contributed by atoms with Gasteiger partial charge in [0.1, 0.15) is 18.2 Å². The van der Waals surface area contributed by atoms with Gasteiger partial charge in [-0.3, -0.25) is 9.59 Å². The first kappa shape index (κ1) is 32.3. The van der Waals surface area contributed by atoms with E-state index >= 15 is 0 Å². The first-order valence-corrected chi connectivity index (χ1v) is 14.7. The zero-order chi connectivity index (χ0) is 30.0. The molecule has 2 fully saturated rings. The number of nitrogens with zero attached hydrogens (tertiary/aromatic N) is 2. The Morgan fingerprint density at radius 1 is 1.07 bits per heavy atom. The fourth-order valence-corrected chi connectivity index (χ4v) is 5.20. The summed E-state index contributed by atoms with van der Waals surface area (Å²) in [5.41, 5.74) is 0.246. The highest BCUT2D eigenvalue weighted by Gasteiger charge is 2.32. The third kappa shape index (κ3) is 10.6. The van der Waals surface area contributed by atoms with Crippen LogP contribution < -0.4 is 5.32 Å². The molecular weight excluding hydrogens is 546 g/mol. The molecule has 0 aromatic heterocycles. The van der Waals surface area contributed by atoms with Crippen LogP contribution in [0.2, 0.25) is 5.02 Å². The molecule has 1 aromatic carbocycles. The number of amides is 3. The quantitative estimate of drug-likeness (QED) is 0.335. The van der Waals surface area contributed by atoms with E-state index in [9.17, 15) is 19.2 Å². The number of piperidine rings is 2. The molecule has 0 saturated carbocycles. The Labute approximate surface area is 248 Å². The van der Waals surface area contributed by atoms with E-state index in [0.717, 1.165) is 24.8 Å². The molecule has 0 aliphatic carbocycles. The van der Waals surface area contributed by atoms with Crippen molar-refractivity contribution in [2.24, 2.45) is 11.8 Å². The summed E-state index contributed by atoms with van der Waals surface area (Å²) in [6, 6.07) is 5.96. The molecular formula is C31H42ClN3O6. The largest absolute Gasteiger partial charge is 0.459 e. The van der Waals surface area contributed by atoms with Gasteiger partial charge in [0.2, 0.25) is 11.8 Å². The molecule has 224 valence electrons. The van der Waals surface area contributed by atoms with Gasteiger partial charge in [-0.15, -0.1) is 12.3 Å². The molecule has 2 aliphatic rings. The van der Waals surface area contributed by atoms with Gasteiger partial charge in [0, 0.05) is 44.0 Å². The summed E-state index contributed by atoms with van der Waals surface area (Å²) in [6.07, 6.45) is 9.32. The van der Waals surface area contributed by atoms with Crippen molar-refractivity contribution in [3.05, 3.63) is 34.9 Å². The molecule has 0 bridgehead atoms. The van der Waals surface area contributed by atoms with E-state index in [1.54, 1.807) is 34.1 Å². The molecule has 0 radical (unpaired) electrons. The lowest BCUT2D eigenvalue weighted by Crippen LogP contribution is -2.49. The standard InChI is InChI=1S/C31H42ClN3O6/c1-5-7-26(29(38)40-21-23-9-12-25(32)13-10-23)33-28(37)24-8-6-17-35(20-24)27(36)14-11-22-15-18-34(19-16-22)30(39)41-31(2,3)4/h1,9-10,12-13,22,24,26H,6-8,11,14-21H2,2-4H3,(H,33,37)/t24-,26+/m1/s1. The Morgan fingerprint density at radius 2 is 1.76 bits per heavy atom. The van der Waals surface area contributed by atoms with Crippen molar-refractivity contribution in [3.8, 4) is 12.3 Å². The van der Waals surface area contributed by atoms with Crippen molar-refractivity contribution < 1.29 is 28.7 Å². The lowest BCUT2D eigenvalue weighted by Gasteiger charge is -2.35. The van der Waals surface area contributed by atoms with E-state index in [2.05, 4.69) is 11.2 Å². The fraction of sp³-hybridized carbons (Fsp3) is 0.613. The smallest absolute Gasteiger partial charge is 0.410 e. The summed E-state index contributed by atoms with van der Waals surface area (Å²) >= 11 is 5.89. The molecule has 2 heterocycles. The number of esters is 1. The van der Waals surface area contributed by atoms with Gasteiger partial charge < -0.3 is 24.6 Å². The minimum atomic E-state index is -0.961. The molecule has 2 saturated heterocycles. The number of rotatable bonds is 9. The van der Waals surface area contributed by atoms with Crippen LogP contribution in [0.15, 0.2) is 24.3 Å². The normalized spacial score (nSPS) is 18.7. The Kier molecular flexibility index (Phi) is 11.9. The van der Waals surface area contributed by atoms with Gasteiger partial charge >= 0.3 is 12.1 Å². The molecule has 3 amide bonds. The molecule has 2 aliphatic heterocycles. The molecule has 0 unspecified atom stereocenters. The van der Waals surface area contributed by atoms with Gasteiger partial charge in [0.15, 0.2) is 0 Å². The maximum atomic E-state index is 13.1. The highest BCUT2D eigenvalue weighted by atomic mass is 35.5. The summed E-state index contributed by atoms with van der Waals surface area (Å²) in [7, 11) is 0. The summed E-state index contributed by atoms with van der Waals surface area (Å²) in [4.78, 5) is 54.5. The summed E-state index contributed by atoms with van der Waals surface area (Å²) in [6.45, 7) is 7.77. The van der Waals surface area contributed by atoms with Crippen molar-refractivity contribution in [2.45, 2.75) is 84.0 Å². The number of hydrogen-bond acceptors (Lipinski definition) is 6. The Bertz CT molecular complexity index is 1100. The number of likely N-dealkylation sites (tertiary alicyclic amines) is 2. The van der Waals surface area contributed by atoms with Crippen molar-refractivity contribution in [3.63, 3.8) is 0 Å². The predicted molar refractivity (Wildman–Crippen MR) is 156 cm³/mol. The average molecular weight is 588 g/mol. The second-order valence-corrected chi connectivity index (χ2v) is 12.3. The maximum Gasteiger partial charge on any atom is 0.410 e. The van der Waals surface area contributed by atoms with E-state index in [4.69, 9.17) is 27.5 Å². The van der Waals surface area contributed by atoms with Crippen LogP contribution in [0.4, 0.5) is 4.79 Å². The van der Waals surface area contributed by atoms with Crippen molar-refractivity contribution >= 4 is 35.5 Å². The maximum absolute atomic E-state index is 13.1. The Balaban J connectivity index is 1.43. The molecule has 1 N–H and O–H groups in total. The van der Waals surface area contributed by atoms with Crippen LogP contribution in [0.5, 0.6) is 0 Å². The number of ether oxygens (including phenoxy) is 2. The van der Waals surface area contributed by atoms with Crippen LogP contribution in [0, 0.1) is 24.2 Å². The molecule has 3 rings (SSSR count). The van der Waals surface area contributed by atoms with Crippen molar-refractivity contribution in [2.75, 3.05) is 26.2 Å². The van der Waals surface area contributed by atoms with Crippen LogP contribution in [0.3, 0.4) is 0 Å². The van der Waals surface area contributed by atoms with Gasteiger partial charge in [-0.2, -0.15) is 0 Å². The Hall–Kier alpha value is -3.25. The summed E-state index contributed by atoms with van der Waals surface area (Å²) < 4.78 is 10.8. The number of hydrogen-bond donors (Lipinski definition) is 1. The van der Waals surface area contributed by atoms with Gasteiger partial charge in [0.25, 0.3) is 0 Å². The first-order valence-electron chi connectivity index (χ1n) is 14.4. The van der Waals surface area contributed by atoms with Gasteiger partial charge in [0.05, 0.1) is 5.92 Å². The number of carbonyl (C=O) groups excluding carboxylic acids is 4. The van der Waals surface area contributed by atoms with E-state index in [-0.39, 0.29) is 30.9 Å². The number of terminal acetylenes is 1. The van der Waals surface area contributed by atoms with Crippen molar-refractivity contribution in [1.82, 2.24) is 15.1 Å². The SMILES string of the molecule is C#CC[C@H](NC(=O)[C@@H]1CCCN(C(=O)CCC2CCN(C(=O)OC(C)(C)C)CC2)C1)C(=O)OCc1ccc(Cl)cc1. The van der Waals surface area contributed by atoms with Crippen LogP contribution >= 0.6 is 11.6 Å². The van der Waals surface area contributed by atoms with E-state index in [0.29, 0.717) is 56.4 Å². The zero-order valence-electron chi connectivity index (χ0n) is 24.3. The van der Waals surface area contributed by atoms with E-state index < -0.39 is 23.5 Å². The number of benzene rings is 1. The molecule has 9 nitrogen and oxygen atoms in total. The van der Waals surface area contributed by atoms with Gasteiger partial charge in [-0.25, -0.2) is 9.59 Å². The zero-order valence-corrected chi connectivity index (χ0v) is 25.1. The first-order chi connectivity index (χ1) is 19.4. The van der Waals surface area contributed by atoms with Crippen LogP contribution in [0.1, 0.15) is 71.3 Å². The third-order valence-corrected chi connectivity index (χ3v) is 7.65. The lowest BCUT2D eigenvalue weighted by molar-refractivity contribution is -0.150. The Morgan fingerprint density at radius 3 is 2.39 bits per heavy atom.